The van der Waals surface area contributed by atoms with E-state index in [1.807, 2.05) is 102 Å². The Morgan fingerprint density at radius 2 is 1.77 bits per heavy atom. The van der Waals surface area contributed by atoms with Crippen molar-refractivity contribution in [1.29, 1.82) is 0 Å². The monoisotopic (exact) mass is 537 g/mol. The lowest BCUT2D eigenvalue weighted by atomic mass is 10.0. The lowest BCUT2D eigenvalue weighted by Crippen LogP contribution is -2.38. The van der Waals surface area contributed by atoms with E-state index in [0.717, 1.165) is 45.3 Å². The first kappa shape index (κ1) is 24.8. The van der Waals surface area contributed by atoms with Gasteiger partial charge in [-0.25, -0.2) is 9.48 Å². The SMILES string of the molecule is COc1ccc(C2c3cccn3-c3c(c(C)nn3-c3ccccc3)CN2C(=O)Nc2cc(Cl)ccc2C)cc1. The Morgan fingerprint density at radius 1 is 1.00 bits per heavy atom. The van der Waals surface area contributed by atoms with Crippen LogP contribution in [0, 0.1) is 13.8 Å². The summed E-state index contributed by atoms with van der Waals surface area (Å²) in [5.74, 6) is 1.68. The summed E-state index contributed by atoms with van der Waals surface area (Å²) in [6.45, 7) is 4.30. The van der Waals surface area contributed by atoms with Gasteiger partial charge in [-0.2, -0.15) is 5.10 Å². The fourth-order valence-corrected chi connectivity index (χ4v) is 5.37. The molecular formula is C31H28ClN5O2. The maximum Gasteiger partial charge on any atom is 0.322 e. The Hall–Kier alpha value is -4.49. The number of hydrogen-bond donors (Lipinski definition) is 1. The number of rotatable bonds is 4. The summed E-state index contributed by atoms with van der Waals surface area (Å²) in [6.07, 6.45) is 2.04. The summed E-state index contributed by atoms with van der Waals surface area (Å²) in [6, 6.07) is 26.9. The van der Waals surface area contributed by atoms with E-state index in [-0.39, 0.29) is 12.1 Å². The van der Waals surface area contributed by atoms with Gasteiger partial charge in [-0.1, -0.05) is 48.0 Å². The second-order valence-corrected chi connectivity index (χ2v) is 10.1. The van der Waals surface area contributed by atoms with Crippen LogP contribution in [0.3, 0.4) is 0 Å². The number of methoxy groups -OCH3 is 1. The van der Waals surface area contributed by atoms with Gasteiger partial charge in [-0.15, -0.1) is 0 Å². The number of carbonyl (C=O) groups is 1. The van der Waals surface area contributed by atoms with Crippen molar-refractivity contribution in [2.24, 2.45) is 0 Å². The topological polar surface area (TPSA) is 64.3 Å². The van der Waals surface area contributed by atoms with Crippen molar-refractivity contribution in [2.45, 2.75) is 26.4 Å². The molecule has 1 atom stereocenters. The minimum Gasteiger partial charge on any atom is -0.497 e. The molecule has 5 aromatic rings. The van der Waals surface area contributed by atoms with Gasteiger partial charge in [0.1, 0.15) is 11.6 Å². The highest BCUT2D eigenvalue weighted by Gasteiger charge is 2.36. The molecule has 0 fully saturated rings. The van der Waals surface area contributed by atoms with Crippen LogP contribution in [-0.4, -0.2) is 32.4 Å². The number of fused-ring (bicyclic) bond motifs is 3. The molecule has 3 aromatic carbocycles. The van der Waals surface area contributed by atoms with Crippen molar-refractivity contribution in [2.75, 3.05) is 12.4 Å². The zero-order valence-electron chi connectivity index (χ0n) is 21.9. The molecule has 1 N–H and O–H groups in total. The summed E-state index contributed by atoms with van der Waals surface area (Å²) < 4.78 is 9.52. The lowest BCUT2D eigenvalue weighted by Gasteiger charge is -2.31. The molecule has 3 heterocycles. The molecule has 0 saturated heterocycles. The molecule has 6 rings (SSSR count). The number of para-hydroxylation sites is 1. The number of hydrogen-bond acceptors (Lipinski definition) is 3. The lowest BCUT2D eigenvalue weighted by molar-refractivity contribution is 0.194. The van der Waals surface area contributed by atoms with E-state index in [2.05, 4.69) is 16.0 Å². The molecule has 0 radical (unpaired) electrons. The number of ether oxygens (including phenoxy) is 1. The zero-order chi connectivity index (χ0) is 27.1. The van der Waals surface area contributed by atoms with Crippen LogP contribution in [0.15, 0.2) is 91.1 Å². The van der Waals surface area contributed by atoms with E-state index < -0.39 is 0 Å². The van der Waals surface area contributed by atoms with Crippen LogP contribution in [-0.2, 0) is 6.54 Å². The van der Waals surface area contributed by atoms with Crippen molar-refractivity contribution in [3.8, 4) is 17.3 Å². The number of amides is 2. The Kier molecular flexibility index (Phi) is 6.37. The quantitative estimate of drug-likeness (QED) is 0.266. The maximum atomic E-state index is 14.1. The molecule has 2 aromatic heterocycles. The Labute approximate surface area is 232 Å². The highest BCUT2D eigenvalue weighted by Crippen LogP contribution is 2.39. The van der Waals surface area contributed by atoms with Gasteiger partial charge in [0, 0.05) is 22.5 Å². The van der Waals surface area contributed by atoms with Gasteiger partial charge in [0.05, 0.1) is 36.8 Å². The fourth-order valence-electron chi connectivity index (χ4n) is 5.20. The van der Waals surface area contributed by atoms with Crippen molar-refractivity contribution >= 4 is 23.3 Å². The van der Waals surface area contributed by atoms with Crippen LogP contribution in [0.2, 0.25) is 5.02 Å². The molecule has 1 unspecified atom stereocenters. The molecule has 2 amide bonds. The van der Waals surface area contributed by atoms with Gasteiger partial charge in [-0.3, -0.25) is 0 Å². The third-order valence-corrected chi connectivity index (χ3v) is 7.46. The number of nitrogens with zero attached hydrogens (tertiary/aromatic N) is 4. The van der Waals surface area contributed by atoms with Gasteiger partial charge in [-0.05, 0) is 73.5 Å². The van der Waals surface area contributed by atoms with E-state index in [1.54, 1.807) is 13.2 Å². The van der Waals surface area contributed by atoms with Gasteiger partial charge in [0.15, 0.2) is 0 Å². The van der Waals surface area contributed by atoms with Crippen LogP contribution < -0.4 is 10.1 Å². The summed E-state index contributed by atoms with van der Waals surface area (Å²) in [5.41, 5.74) is 6.32. The highest BCUT2D eigenvalue weighted by molar-refractivity contribution is 6.31. The van der Waals surface area contributed by atoms with Crippen molar-refractivity contribution in [3.05, 3.63) is 124 Å². The standard InChI is InChI=1S/C31H28ClN5O2/c1-20-11-14-23(32)18-27(20)33-31(38)36-19-26-21(2)34-37(24-8-5-4-6-9-24)30(26)35-17-7-10-28(35)29(36)22-12-15-25(39-3)16-13-22/h4-18,29H,19H2,1-3H3,(H,33,38). The summed E-state index contributed by atoms with van der Waals surface area (Å²) in [4.78, 5) is 16.0. The summed E-state index contributed by atoms with van der Waals surface area (Å²) in [5, 5.41) is 8.60. The van der Waals surface area contributed by atoms with Crippen LogP contribution >= 0.6 is 11.6 Å². The predicted molar refractivity (Wildman–Crippen MR) is 153 cm³/mol. The molecule has 0 aliphatic carbocycles. The minimum absolute atomic E-state index is 0.228. The average Bonchev–Trinajstić information content (AvgIpc) is 3.51. The molecule has 7 nitrogen and oxygen atoms in total. The average molecular weight is 538 g/mol. The van der Waals surface area contributed by atoms with Gasteiger partial charge in [0.2, 0.25) is 0 Å². The summed E-state index contributed by atoms with van der Waals surface area (Å²) >= 11 is 6.28. The molecule has 0 saturated carbocycles. The first-order chi connectivity index (χ1) is 18.9. The maximum absolute atomic E-state index is 14.1. The molecule has 0 bridgehead atoms. The first-order valence-electron chi connectivity index (χ1n) is 12.7. The number of aromatic nitrogens is 3. The molecular weight excluding hydrogens is 510 g/mol. The summed E-state index contributed by atoms with van der Waals surface area (Å²) in [7, 11) is 1.65. The highest BCUT2D eigenvalue weighted by atomic mass is 35.5. The third-order valence-electron chi connectivity index (χ3n) is 7.22. The van der Waals surface area contributed by atoms with E-state index in [0.29, 0.717) is 17.3 Å². The van der Waals surface area contributed by atoms with Crippen LogP contribution in [0.25, 0.3) is 11.5 Å². The first-order valence-corrected chi connectivity index (χ1v) is 13.1. The number of nitrogens with one attached hydrogen (secondary N) is 1. The fraction of sp³-hybridized carbons (Fsp3) is 0.161. The Bertz CT molecular complexity index is 1660. The second-order valence-electron chi connectivity index (χ2n) is 9.63. The van der Waals surface area contributed by atoms with E-state index in [9.17, 15) is 4.79 Å². The minimum atomic E-state index is -0.374. The van der Waals surface area contributed by atoms with E-state index in [4.69, 9.17) is 21.4 Å². The Balaban J connectivity index is 1.53. The van der Waals surface area contributed by atoms with Gasteiger partial charge in [0.25, 0.3) is 0 Å². The zero-order valence-corrected chi connectivity index (χ0v) is 22.7. The van der Waals surface area contributed by atoms with Crippen LogP contribution in [0.1, 0.15) is 34.1 Å². The van der Waals surface area contributed by atoms with Gasteiger partial charge >= 0.3 is 6.03 Å². The van der Waals surface area contributed by atoms with Crippen molar-refractivity contribution in [3.63, 3.8) is 0 Å². The molecule has 8 heteroatoms. The number of benzene rings is 3. The number of aryl methyl sites for hydroxylation is 2. The molecule has 0 spiro atoms. The normalized spacial score (nSPS) is 14.4. The molecule has 1 aliphatic heterocycles. The third kappa shape index (κ3) is 4.45. The van der Waals surface area contributed by atoms with E-state index in [1.165, 1.54) is 0 Å². The van der Waals surface area contributed by atoms with Crippen molar-refractivity contribution < 1.29 is 9.53 Å². The second kappa shape index (κ2) is 10.0. The molecule has 39 heavy (non-hydrogen) atoms. The van der Waals surface area contributed by atoms with Crippen LogP contribution in [0.4, 0.5) is 10.5 Å². The van der Waals surface area contributed by atoms with Crippen LogP contribution in [0.5, 0.6) is 5.75 Å². The molecule has 1 aliphatic rings. The molecule has 196 valence electrons. The van der Waals surface area contributed by atoms with E-state index >= 15 is 0 Å². The smallest absolute Gasteiger partial charge is 0.322 e. The Morgan fingerprint density at radius 3 is 2.51 bits per heavy atom. The number of halogens is 1. The number of urea groups is 1. The van der Waals surface area contributed by atoms with Gasteiger partial charge < -0.3 is 19.5 Å². The predicted octanol–water partition coefficient (Wildman–Crippen LogP) is 7.08. The van der Waals surface area contributed by atoms with Crippen molar-refractivity contribution in [1.82, 2.24) is 19.2 Å². The number of carbonyl (C=O) groups excluding carboxylic acids is 1. The number of anilines is 1. The largest absolute Gasteiger partial charge is 0.497 e.